The first-order valence-electron chi connectivity index (χ1n) is 11.1. The summed E-state index contributed by atoms with van der Waals surface area (Å²) in [6.07, 6.45) is 0.886. The summed E-state index contributed by atoms with van der Waals surface area (Å²) < 4.78 is 6.37. The van der Waals surface area contributed by atoms with Crippen LogP contribution in [0.1, 0.15) is 38.8 Å². The molecule has 4 N–H and O–H groups in total. The molecule has 3 rings (SSSR count). The number of guanidine groups is 1. The third-order valence-electron chi connectivity index (χ3n) is 4.94. The Bertz CT molecular complexity index is 1370. The number of nitrogens with one attached hydrogen (secondary N) is 2. The van der Waals surface area contributed by atoms with Gasteiger partial charge in [-0.15, -0.1) is 0 Å². The van der Waals surface area contributed by atoms with Crippen molar-refractivity contribution in [3.63, 3.8) is 0 Å². The summed E-state index contributed by atoms with van der Waals surface area (Å²) in [6, 6.07) is 8.71. The van der Waals surface area contributed by atoms with Gasteiger partial charge in [0.2, 0.25) is 11.9 Å². The van der Waals surface area contributed by atoms with Gasteiger partial charge in [0, 0.05) is 28.5 Å². The third kappa shape index (κ3) is 7.70. The summed E-state index contributed by atoms with van der Waals surface area (Å²) in [5.74, 6) is -1.24. The monoisotopic (exact) mass is 609 g/mol. The lowest BCUT2D eigenvalue weighted by Gasteiger charge is -2.27. The van der Waals surface area contributed by atoms with Gasteiger partial charge in [0.1, 0.15) is 5.60 Å². The minimum absolute atomic E-state index is 0.0342. The molecule has 3 amide bonds. The number of carbonyl (C=O) groups excluding carboxylic acids is 3. The molecule has 12 heteroatoms. The molecule has 0 spiro atoms. The minimum Gasteiger partial charge on any atom is -0.443 e. The number of rotatable bonds is 5. The number of nitrogens with two attached hydrogens (primary N) is 1. The molecule has 3 aromatic rings. The average Bonchev–Trinajstić information content (AvgIpc) is 3.14. The number of hydrogen-bond donors (Lipinski definition) is 3. The van der Waals surface area contributed by atoms with Crippen molar-refractivity contribution < 1.29 is 19.1 Å². The fraction of sp³-hybridized carbons (Fsp3) is 0.280. The molecule has 0 aliphatic carbocycles. The highest BCUT2D eigenvalue weighted by Gasteiger charge is 2.26. The van der Waals surface area contributed by atoms with Crippen LogP contribution in [-0.2, 0) is 27.3 Å². The lowest BCUT2D eigenvalue weighted by atomic mass is 10.1. The van der Waals surface area contributed by atoms with Crippen molar-refractivity contribution in [2.75, 3.05) is 5.32 Å². The van der Waals surface area contributed by atoms with Crippen molar-refractivity contribution in [1.82, 2.24) is 9.88 Å². The maximum Gasteiger partial charge on any atom is 0.417 e. The Kier molecular flexibility index (Phi) is 8.88. The van der Waals surface area contributed by atoms with Crippen molar-refractivity contribution in [1.29, 1.82) is 0 Å². The molecule has 196 valence electrons. The number of aromatic amines is 1. The highest BCUT2D eigenvalue weighted by Crippen LogP contribution is 2.32. The largest absolute Gasteiger partial charge is 0.443 e. The number of nitrogens with zero attached hydrogens (tertiary/aromatic N) is 2. The van der Waals surface area contributed by atoms with Gasteiger partial charge >= 0.3 is 6.09 Å². The Hall–Kier alpha value is -3.08. The van der Waals surface area contributed by atoms with Gasteiger partial charge in [-0.2, -0.15) is 4.99 Å². The van der Waals surface area contributed by atoms with E-state index in [0.29, 0.717) is 5.56 Å². The van der Waals surface area contributed by atoms with Crippen LogP contribution in [0.15, 0.2) is 46.0 Å². The highest BCUT2D eigenvalue weighted by atomic mass is 79.9. The van der Waals surface area contributed by atoms with E-state index in [1.165, 1.54) is 19.1 Å². The summed E-state index contributed by atoms with van der Waals surface area (Å²) >= 11 is 16.0. The lowest BCUT2D eigenvalue weighted by molar-refractivity contribution is -0.117. The van der Waals surface area contributed by atoms with Crippen LogP contribution in [-0.4, -0.2) is 39.4 Å². The van der Waals surface area contributed by atoms with E-state index >= 15 is 0 Å². The molecule has 37 heavy (non-hydrogen) atoms. The zero-order valence-corrected chi connectivity index (χ0v) is 23.7. The van der Waals surface area contributed by atoms with E-state index in [1.807, 2.05) is 18.2 Å². The van der Waals surface area contributed by atoms with Crippen LogP contribution in [0.25, 0.3) is 10.9 Å². The second kappa shape index (κ2) is 11.5. The SMILES string of the molecule is CC(=O)Nc1c(Cl)cc(CN(C(=O)OC(C)(C)C)C(N)=NC(=O)Cc2c[nH]c3cc(Br)ccc23)cc1Cl. The number of ether oxygens (including phenoxy) is 1. The Morgan fingerprint density at radius 1 is 1.16 bits per heavy atom. The summed E-state index contributed by atoms with van der Waals surface area (Å²) in [4.78, 5) is 45.3. The number of hydrogen-bond acceptors (Lipinski definition) is 4. The molecular formula is C25H26BrCl2N5O4. The first-order chi connectivity index (χ1) is 17.2. The zero-order chi connectivity index (χ0) is 27.5. The number of H-pyrrole nitrogens is 1. The molecule has 0 saturated carbocycles. The predicted octanol–water partition coefficient (Wildman–Crippen LogP) is 6.02. The molecule has 0 unspecified atom stereocenters. The molecule has 2 aromatic carbocycles. The van der Waals surface area contributed by atoms with Gasteiger partial charge in [-0.25, -0.2) is 9.69 Å². The van der Waals surface area contributed by atoms with E-state index in [1.54, 1.807) is 27.0 Å². The van der Waals surface area contributed by atoms with Crippen molar-refractivity contribution >= 4 is 79.6 Å². The molecular weight excluding hydrogens is 585 g/mol. The van der Waals surface area contributed by atoms with Crippen LogP contribution in [0, 0.1) is 0 Å². The van der Waals surface area contributed by atoms with Gasteiger partial charge < -0.3 is 20.8 Å². The summed E-state index contributed by atoms with van der Waals surface area (Å²) in [6.45, 7) is 6.29. The number of halogens is 3. The van der Waals surface area contributed by atoms with E-state index in [-0.39, 0.29) is 40.6 Å². The number of carbonyl (C=O) groups is 3. The van der Waals surface area contributed by atoms with E-state index in [9.17, 15) is 14.4 Å². The van der Waals surface area contributed by atoms with Crippen molar-refractivity contribution in [2.24, 2.45) is 10.7 Å². The van der Waals surface area contributed by atoms with Gasteiger partial charge in [0.05, 0.1) is 28.7 Å². The Labute approximate surface area is 232 Å². The highest BCUT2D eigenvalue weighted by molar-refractivity contribution is 9.10. The molecule has 0 bridgehead atoms. The van der Waals surface area contributed by atoms with Gasteiger partial charge in [0.25, 0.3) is 5.91 Å². The average molecular weight is 611 g/mol. The second-order valence-corrected chi connectivity index (χ2v) is 11.0. The van der Waals surface area contributed by atoms with Gasteiger partial charge in [0.15, 0.2) is 0 Å². The first kappa shape index (κ1) is 28.5. The molecule has 0 aliphatic heterocycles. The fourth-order valence-corrected chi connectivity index (χ4v) is 4.43. The zero-order valence-electron chi connectivity index (χ0n) is 20.6. The molecule has 0 saturated heterocycles. The Balaban J connectivity index is 1.88. The van der Waals surface area contributed by atoms with Crippen LogP contribution in [0.2, 0.25) is 10.0 Å². The van der Waals surface area contributed by atoms with Crippen LogP contribution < -0.4 is 11.1 Å². The van der Waals surface area contributed by atoms with Crippen LogP contribution in [0.4, 0.5) is 10.5 Å². The number of benzene rings is 2. The smallest absolute Gasteiger partial charge is 0.417 e. The lowest BCUT2D eigenvalue weighted by Crippen LogP contribution is -2.44. The van der Waals surface area contributed by atoms with Gasteiger partial charge in [-0.3, -0.25) is 9.59 Å². The number of aliphatic imine (C=N–C) groups is 1. The van der Waals surface area contributed by atoms with Crippen molar-refractivity contribution in [2.45, 2.75) is 46.3 Å². The van der Waals surface area contributed by atoms with E-state index < -0.39 is 17.6 Å². The Morgan fingerprint density at radius 2 is 1.81 bits per heavy atom. The number of anilines is 1. The summed E-state index contributed by atoms with van der Waals surface area (Å²) in [5, 5.41) is 3.76. The molecule has 0 radical (unpaired) electrons. The third-order valence-corrected chi connectivity index (χ3v) is 6.03. The molecule has 0 atom stereocenters. The predicted molar refractivity (Wildman–Crippen MR) is 149 cm³/mol. The number of fused-ring (bicyclic) bond motifs is 1. The van der Waals surface area contributed by atoms with E-state index in [0.717, 1.165) is 25.8 Å². The Morgan fingerprint density at radius 3 is 2.41 bits per heavy atom. The molecule has 9 nitrogen and oxygen atoms in total. The maximum atomic E-state index is 13.0. The number of amides is 3. The topological polar surface area (TPSA) is 130 Å². The first-order valence-corrected chi connectivity index (χ1v) is 12.7. The molecule has 1 heterocycles. The summed E-state index contributed by atoms with van der Waals surface area (Å²) in [7, 11) is 0. The maximum absolute atomic E-state index is 13.0. The van der Waals surface area contributed by atoms with Crippen molar-refractivity contribution in [3.05, 3.63) is 62.2 Å². The minimum atomic E-state index is -0.831. The second-order valence-electron chi connectivity index (χ2n) is 9.23. The van der Waals surface area contributed by atoms with Crippen LogP contribution >= 0.6 is 39.1 Å². The van der Waals surface area contributed by atoms with E-state index in [2.05, 4.69) is 31.2 Å². The molecule has 1 aromatic heterocycles. The molecule has 0 fully saturated rings. The van der Waals surface area contributed by atoms with Crippen LogP contribution in [0.3, 0.4) is 0 Å². The summed E-state index contributed by atoms with van der Waals surface area (Å²) in [5.41, 5.74) is 7.62. The van der Waals surface area contributed by atoms with Crippen LogP contribution in [0.5, 0.6) is 0 Å². The normalized spacial score (nSPS) is 11.9. The van der Waals surface area contributed by atoms with Gasteiger partial charge in [-0.1, -0.05) is 45.2 Å². The standard InChI is InChI=1S/C25H26BrCl2N5O4/c1-13(34)31-22-18(27)7-14(8-19(22)28)12-33(24(36)37-25(2,3)4)23(29)32-21(35)9-15-11-30-20-10-16(26)5-6-17(15)20/h5-8,10-11,30H,9,12H2,1-4H3,(H,31,34)(H2,29,32,35). The quantitative estimate of drug-likeness (QED) is 0.240. The van der Waals surface area contributed by atoms with Gasteiger partial charge in [-0.05, 0) is 56.2 Å². The number of aromatic nitrogens is 1. The van der Waals surface area contributed by atoms with E-state index in [4.69, 9.17) is 33.7 Å². The fourth-order valence-electron chi connectivity index (χ4n) is 3.45. The van der Waals surface area contributed by atoms with Crippen molar-refractivity contribution in [3.8, 4) is 0 Å². The molecule has 0 aliphatic rings.